The number of carbonyl (C=O) groups excluding carboxylic acids is 5. The highest BCUT2D eigenvalue weighted by atomic mass is 17.2. The molecule has 13 nitrogen and oxygen atoms in total. The molecule has 0 rings (SSSR count). The van der Waals surface area contributed by atoms with E-state index in [0.29, 0.717) is 58.5 Å². The van der Waals surface area contributed by atoms with Gasteiger partial charge in [-0.3, -0.25) is 19.2 Å². The lowest BCUT2D eigenvalue weighted by atomic mass is 9.89. The number of primary amides is 1. The van der Waals surface area contributed by atoms with Crippen molar-refractivity contribution in [2.24, 2.45) is 23.3 Å². The molecule has 2 unspecified atom stereocenters. The van der Waals surface area contributed by atoms with E-state index in [4.69, 9.17) is 21.1 Å². The van der Waals surface area contributed by atoms with Crippen molar-refractivity contribution in [3.63, 3.8) is 0 Å². The number of nitrogens with one attached hydrogen (secondary N) is 3. The van der Waals surface area contributed by atoms with E-state index in [1.165, 1.54) is 7.11 Å². The highest BCUT2D eigenvalue weighted by Crippen LogP contribution is 2.16. The molecule has 0 spiro atoms. The number of Topliss-reactive ketones (excluding diaryl/α,β-unsaturated/α-hetero) is 2. The van der Waals surface area contributed by atoms with E-state index in [2.05, 4.69) is 34.0 Å². The van der Waals surface area contributed by atoms with Crippen molar-refractivity contribution in [3.8, 4) is 0 Å². The van der Waals surface area contributed by atoms with Gasteiger partial charge in [0.2, 0.25) is 11.8 Å². The largest absolute Gasteiger partial charge is 0.381 e. The van der Waals surface area contributed by atoms with E-state index in [9.17, 15) is 24.0 Å². The lowest BCUT2D eigenvalue weighted by molar-refractivity contribution is -0.272. The molecule has 238 valence electrons. The summed E-state index contributed by atoms with van der Waals surface area (Å²) >= 11 is 0. The topological polar surface area (TPSA) is 201 Å². The van der Waals surface area contributed by atoms with Crippen molar-refractivity contribution >= 4 is 29.4 Å². The summed E-state index contributed by atoms with van der Waals surface area (Å²) < 4.78 is 5.40. The van der Waals surface area contributed by atoms with Crippen LogP contribution in [0.15, 0.2) is 13.2 Å². The molecular weight excluding hydrogens is 534 g/mol. The zero-order chi connectivity index (χ0) is 31.5. The van der Waals surface area contributed by atoms with Crippen LogP contribution in [0.25, 0.3) is 0 Å². The molecule has 0 aliphatic rings. The van der Waals surface area contributed by atoms with Gasteiger partial charge in [-0.2, -0.15) is 0 Å². The van der Waals surface area contributed by atoms with Gasteiger partial charge in [0.25, 0.3) is 0 Å². The van der Waals surface area contributed by atoms with Gasteiger partial charge in [0.15, 0.2) is 11.6 Å². The first-order valence-electron chi connectivity index (χ1n) is 14.2. The highest BCUT2D eigenvalue weighted by Gasteiger charge is 2.29. The number of hydrogen-bond donors (Lipinski definition) is 5. The molecule has 13 heteroatoms. The molecule has 4 amide bonds. The Balaban J connectivity index is 0. The summed E-state index contributed by atoms with van der Waals surface area (Å²) in [6.45, 7) is 11.6. The predicted molar refractivity (Wildman–Crippen MR) is 157 cm³/mol. The number of nitrogens with two attached hydrogens (primary N) is 2. The van der Waals surface area contributed by atoms with Gasteiger partial charge in [-0.15, -0.1) is 13.2 Å². The molecule has 0 aliphatic carbocycles. The normalized spacial score (nSPS) is 12.0. The molecule has 0 aromatic carbocycles. The second-order valence-corrected chi connectivity index (χ2v) is 9.65. The molecule has 0 aliphatic heterocycles. The smallest absolute Gasteiger partial charge is 0.312 e. The third-order valence-electron chi connectivity index (χ3n) is 5.87. The third kappa shape index (κ3) is 23.5. The summed E-state index contributed by atoms with van der Waals surface area (Å²) in [5, 5.41) is 7.88. The average molecular weight is 588 g/mol. The molecule has 7 N–H and O–H groups in total. The Bertz CT molecular complexity index is 751. The number of ketones is 2. The second-order valence-electron chi connectivity index (χ2n) is 9.65. The summed E-state index contributed by atoms with van der Waals surface area (Å²) in [7, 11) is 1.41. The number of hydrogen-bond acceptors (Lipinski definition) is 9. The van der Waals surface area contributed by atoms with Crippen LogP contribution in [0.5, 0.6) is 0 Å². The molecule has 0 heterocycles. The number of amides is 4. The number of ether oxygens (including phenoxy) is 1. The molecule has 0 aromatic heterocycles. The molecule has 0 fully saturated rings. The number of carbonyl (C=O) groups is 5. The maximum Gasteiger partial charge on any atom is 0.312 e. The van der Waals surface area contributed by atoms with Crippen LogP contribution in [0.3, 0.4) is 0 Å². The van der Waals surface area contributed by atoms with Gasteiger partial charge in [-0.25, -0.2) is 14.6 Å². The van der Waals surface area contributed by atoms with Gasteiger partial charge in [0.1, 0.15) is 0 Å². The van der Waals surface area contributed by atoms with Crippen LogP contribution in [0.4, 0.5) is 4.79 Å². The van der Waals surface area contributed by atoms with E-state index in [1.807, 2.05) is 13.8 Å². The summed E-state index contributed by atoms with van der Waals surface area (Å²) in [5.74, 6) is -2.03. The Hall–Kier alpha value is -2.87. The average Bonchev–Trinajstić information content (AvgIpc) is 2.94. The molecule has 0 saturated carbocycles. The summed E-state index contributed by atoms with van der Waals surface area (Å²) in [4.78, 5) is 70.9. The minimum atomic E-state index is -0.759. The van der Waals surface area contributed by atoms with Gasteiger partial charge >= 0.3 is 6.03 Å². The Morgan fingerprint density at radius 3 is 2.17 bits per heavy atom. The monoisotopic (exact) mass is 587 g/mol. The first-order chi connectivity index (χ1) is 19.6. The zero-order valence-corrected chi connectivity index (χ0v) is 25.2. The Morgan fingerprint density at radius 2 is 1.56 bits per heavy atom. The quantitative estimate of drug-likeness (QED) is 0.0454. The molecule has 0 aromatic rings. The van der Waals surface area contributed by atoms with E-state index in [-0.39, 0.29) is 55.7 Å². The minimum absolute atomic E-state index is 0.115. The molecule has 2 atom stereocenters. The maximum absolute atomic E-state index is 13.2. The standard InChI is InChI=1S/C26H49N5O8.C2H4/c1-19(2)24(31-23(34)11-7-14-38-15-8-12-27)22(33)17-20(9-6-13-29-26(28)36)25(35)30-18-21(32)10-4-5-16-39-37-3;1-2/h19-20,24H,4-18,27H2,1-3H3,(H,30,35)(H,31,34)(H3,28,29,36);1-2H2. The minimum Gasteiger partial charge on any atom is -0.381 e. The van der Waals surface area contributed by atoms with E-state index < -0.39 is 23.9 Å². The van der Waals surface area contributed by atoms with Gasteiger partial charge in [-0.05, 0) is 51.0 Å². The summed E-state index contributed by atoms with van der Waals surface area (Å²) in [5.41, 5.74) is 10.5. The van der Waals surface area contributed by atoms with Gasteiger partial charge in [0.05, 0.1) is 26.3 Å². The Morgan fingerprint density at radius 1 is 0.878 bits per heavy atom. The van der Waals surface area contributed by atoms with Crippen LogP contribution in [-0.2, 0) is 33.7 Å². The first-order valence-corrected chi connectivity index (χ1v) is 14.2. The lowest BCUT2D eigenvalue weighted by Gasteiger charge is -2.24. The lowest BCUT2D eigenvalue weighted by Crippen LogP contribution is -2.46. The molecule has 0 radical (unpaired) electrons. The fourth-order valence-electron chi connectivity index (χ4n) is 3.73. The van der Waals surface area contributed by atoms with Crippen LogP contribution in [0.2, 0.25) is 0 Å². The number of rotatable bonds is 25. The zero-order valence-electron chi connectivity index (χ0n) is 25.2. The van der Waals surface area contributed by atoms with Crippen LogP contribution in [0, 0.1) is 11.8 Å². The Labute approximate surface area is 244 Å². The third-order valence-corrected chi connectivity index (χ3v) is 5.87. The molecule has 41 heavy (non-hydrogen) atoms. The van der Waals surface area contributed by atoms with Crippen molar-refractivity contribution in [1.82, 2.24) is 16.0 Å². The molecule has 0 saturated heterocycles. The first kappa shape index (κ1) is 40.3. The fraction of sp³-hybridized carbons (Fsp3) is 0.750. The molecule has 0 bridgehead atoms. The van der Waals surface area contributed by atoms with E-state index >= 15 is 0 Å². The Kier molecular flexibility index (Phi) is 26.8. The van der Waals surface area contributed by atoms with Crippen LogP contribution < -0.4 is 27.4 Å². The number of unbranched alkanes of at least 4 members (excludes halogenated alkanes) is 1. The van der Waals surface area contributed by atoms with E-state index in [1.54, 1.807) is 0 Å². The predicted octanol–water partition coefficient (Wildman–Crippen LogP) is 1.53. The highest BCUT2D eigenvalue weighted by molar-refractivity contribution is 5.93. The van der Waals surface area contributed by atoms with E-state index in [0.717, 1.165) is 6.42 Å². The van der Waals surface area contributed by atoms with Crippen molar-refractivity contribution in [2.75, 3.05) is 46.6 Å². The summed E-state index contributed by atoms with van der Waals surface area (Å²) in [6, 6.07) is -1.44. The van der Waals surface area contributed by atoms with Crippen LogP contribution >= 0.6 is 0 Å². The van der Waals surface area contributed by atoms with Crippen molar-refractivity contribution < 1.29 is 38.5 Å². The second kappa shape index (κ2) is 27.3. The summed E-state index contributed by atoms with van der Waals surface area (Å²) in [6.07, 6.45) is 3.57. The van der Waals surface area contributed by atoms with Gasteiger partial charge in [-0.1, -0.05) is 13.8 Å². The fourth-order valence-corrected chi connectivity index (χ4v) is 3.73. The van der Waals surface area contributed by atoms with Crippen LogP contribution in [0.1, 0.15) is 71.6 Å². The molecular formula is C28H53N5O8. The van der Waals surface area contributed by atoms with Gasteiger partial charge < -0.3 is 32.2 Å². The maximum atomic E-state index is 13.2. The number of urea groups is 1. The van der Waals surface area contributed by atoms with Crippen LogP contribution in [-0.4, -0.2) is 82.0 Å². The van der Waals surface area contributed by atoms with Crippen molar-refractivity contribution in [3.05, 3.63) is 13.2 Å². The van der Waals surface area contributed by atoms with Gasteiger partial charge in [0, 0.05) is 44.9 Å². The SMILES string of the molecule is C=C.COOCCCCC(=O)CNC(=O)C(CCCNC(N)=O)CC(=O)C(NC(=O)CCCOCCCN)C(C)C. The van der Waals surface area contributed by atoms with Crippen molar-refractivity contribution in [2.45, 2.75) is 77.7 Å². The van der Waals surface area contributed by atoms with Crippen molar-refractivity contribution in [1.29, 1.82) is 0 Å².